The molecule has 0 N–H and O–H groups in total. The monoisotopic (exact) mass is 220 g/mol. The second-order valence-electron chi connectivity index (χ2n) is 3.19. The van der Waals surface area contributed by atoms with Gasteiger partial charge in [-0.05, 0) is 17.7 Å². The summed E-state index contributed by atoms with van der Waals surface area (Å²) < 4.78 is 1.75. The Morgan fingerprint density at radius 2 is 2.00 bits per heavy atom. The minimum absolute atomic E-state index is 0.417. The molecule has 1 aromatic heterocycles. The molecule has 1 aromatic carbocycles. The first-order chi connectivity index (χ1) is 7.22. The van der Waals surface area contributed by atoms with Crippen molar-refractivity contribution in [2.75, 3.05) is 0 Å². The van der Waals surface area contributed by atoms with Crippen LogP contribution in [0.5, 0.6) is 0 Å². The van der Waals surface area contributed by atoms with Crippen molar-refractivity contribution in [2.45, 2.75) is 0 Å². The molecule has 1 heterocycles. The number of carbonyl (C=O) groups is 1. The van der Waals surface area contributed by atoms with Crippen molar-refractivity contribution in [3.63, 3.8) is 0 Å². The van der Waals surface area contributed by atoms with Gasteiger partial charge in [-0.2, -0.15) is 0 Å². The molecule has 0 radical (unpaired) electrons. The first kappa shape index (κ1) is 9.93. The number of halogens is 1. The van der Waals surface area contributed by atoms with Crippen molar-refractivity contribution in [2.24, 2.45) is 7.05 Å². The van der Waals surface area contributed by atoms with Crippen LogP contribution in [0.4, 0.5) is 0 Å². The van der Waals surface area contributed by atoms with Crippen LogP contribution >= 0.6 is 11.6 Å². The van der Waals surface area contributed by atoms with E-state index >= 15 is 0 Å². The van der Waals surface area contributed by atoms with E-state index in [1.54, 1.807) is 17.8 Å². The number of benzene rings is 1. The first-order valence-electron chi connectivity index (χ1n) is 4.45. The fraction of sp³-hybridized carbons (Fsp3) is 0.0909. The summed E-state index contributed by atoms with van der Waals surface area (Å²) in [5.74, 6) is 0.417. The summed E-state index contributed by atoms with van der Waals surface area (Å²) in [5.41, 5.74) is 1.89. The molecule has 0 atom stereocenters. The average molecular weight is 221 g/mol. The van der Waals surface area contributed by atoms with Gasteiger partial charge in [0.2, 0.25) is 0 Å². The Bertz CT molecular complexity index is 488. The summed E-state index contributed by atoms with van der Waals surface area (Å²) in [6.45, 7) is 0. The van der Waals surface area contributed by atoms with Gasteiger partial charge in [0.1, 0.15) is 0 Å². The van der Waals surface area contributed by atoms with Gasteiger partial charge >= 0.3 is 0 Å². The van der Waals surface area contributed by atoms with Crippen LogP contribution in [0.3, 0.4) is 0 Å². The van der Waals surface area contributed by atoms with Crippen molar-refractivity contribution >= 4 is 17.9 Å². The molecule has 0 saturated carbocycles. The lowest BCUT2D eigenvalue weighted by Gasteiger charge is -2.02. The van der Waals surface area contributed by atoms with E-state index in [4.69, 9.17) is 11.6 Å². The van der Waals surface area contributed by atoms with Gasteiger partial charge in [0.25, 0.3) is 0 Å². The van der Waals surface area contributed by atoms with Crippen LogP contribution in [0.15, 0.2) is 30.5 Å². The lowest BCUT2D eigenvalue weighted by molar-refractivity contribution is 0.111. The number of nitrogens with zero attached hydrogens (tertiary/aromatic N) is 2. The summed E-state index contributed by atoms with van der Waals surface area (Å²) >= 11 is 5.79. The van der Waals surface area contributed by atoms with Gasteiger partial charge < -0.3 is 4.57 Å². The van der Waals surface area contributed by atoms with Crippen molar-refractivity contribution in [1.29, 1.82) is 0 Å². The molecule has 2 aromatic rings. The number of aromatic nitrogens is 2. The predicted octanol–water partition coefficient (Wildman–Crippen LogP) is 2.55. The van der Waals surface area contributed by atoms with Crippen LogP contribution in [0, 0.1) is 0 Å². The summed E-state index contributed by atoms with van der Waals surface area (Å²) in [5, 5.41) is 0.691. The third-order valence-corrected chi connectivity index (χ3v) is 2.52. The number of carbonyl (C=O) groups excluding carboxylic acids is 1. The minimum atomic E-state index is 0.417. The molecule has 15 heavy (non-hydrogen) atoms. The van der Waals surface area contributed by atoms with Gasteiger partial charge in [-0.3, -0.25) is 4.79 Å². The van der Waals surface area contributed by atoms with Gasteiger partial charge in [-0.1, -0.05) is 23.7 Å². The molecule has 4 heteroatoms. The van der Waals surface area contributed by atoms with E-state index in [-0.39, 0.29) is 0 Å². The van der Waals surface area contributed by atoms with Gasteiger partial charge in [0.15, 0.2) is 12.1 Å². The molecule has 3 nitrogen and oxygen atoms in total. The number of aldehydes is 1. The SMILES string of the molecule is Cn1c(-c2ccc(Cl)cc2)cnc1C=O. The zero-order chi connectivity index (χ0) is 10.8. The Hall–Kier alpha value is -1.61. The molecule has 0 aliphatic rings. The summed E-state index contributed by atoms with van der Waals surface area (Å²) in [6.07, 6.45) is 2.41. The second kappa shape index (κ2) is 3.87. The van der Waals surface area contributed by atoms with Gasteiger partial charge in [-0.15, -0.1) is 0 Å². The second-order valence-corrected chi connectivity index (χ2v) is 3.62. The fourth-order valence-electron chi connectivity index (χ4n) is 1.42. The maximum atomic E-state index is 10.6. The summed E-state index contributed by atoms with van der Waals surface area (Å²) in [7, 11) is 1.81. The number of hydrogen-bond acceptors (Lipinski definition) is 2. The van der Waals surface area contributed by atoms with Crippen LogP contribution in [-0.4, -0.2) is 15.8 Å². The molecular formula is C11H9ClN2O. The third kappa shape index (κ3) is 1.78. The topological polar surface area (TPSA) is 34.9 Å². The maximum absolute atomic E-state index is 10.6. The Kier molecular flexibility index (Phi) is 2.56. The molecular weight excluding hydrogens is 212 g/mol. The minimum Gasteiger partial charge on any atom is -0.325 e. The zero-order valence-corrected chi connectivity index (χ0v) is 8.90. The molecule has 0 amide bonds. The Labute approximate surface area is 92.3 Å². The molecule has 0 bridgehead atoms. The molecule has 0 unspecified atom stereocenters. The fourth-order valence-corrected chi connectivity index (χ4v) is 1.55. The van der Waals surface area contributed by atoms with E-state index < -0.39 is 0 Å². The van der Waals surface area contributed by atoms with Gasteiger partial charge in [0, 0.05) is 12.1 Å². The highest BCUT2D eigenvalue weighted by Gasteiger charge is 2.06. The lowest BCUT2D eigenvalue weighted by Crippen LogP contribution is -1.97. The largest absolute Gasteiger partial charge is 0.325 e. The highest BCUT2D eigenvalue weighted by molar-refractivity contribution is 6.30. The quantitative estimate of drug-likeness (QED) is 0.729. The number of rotatable bonds is 2. The van der Waals surface area contributed by atoms with Crippen LogP contribution in [0.25, 0.3) is 11.3 Å². The van der Waals surface area contributed by atoms with Crippen LogP contribution in [0.1, 0.15) is 10.6 Å². The Morgan fingerprint density at radius 1 is 1.33 bits per heavy atom. The average Bonchev–Trinajstić information content (AvgIpc) is 2.61. The molecule has 0 spiro atoms. The van der Waals surface area contributed by atoms with Crippen LogP contribution in [-0.2, 0) is 7.05 Å². The highest BCUT2D eigenvalue weighted by atomic mass is 35.5. The summed E-state index contributed by atoms with van der Waals surface area (Å²) in [4.78, 5) is 14.6. The highest BCUT2D eigenvalue weighted by Crippen LogP contribution is 2.21. The van der Waals surface area contributed by atoms with Crippen LogP contribution in [0.2, 0.25) is 5.02 Å². The Balaban J connectivity index is 2.49. The maximum Gasteiger partial charge on any atom is 0.185 e. The van der Waals surface area contributed by atoms with E-state index in [1.807, 2.05) is 24.3 Å². The van der Waals surface area contributed by atoms with Crippen molar-refractivity contribution in [3.8, 4) is 11.3 Å². The summed E-state index contributed by atoms with van der Waals surface area (Å²) in [6, 6.07) is 7.41. The smallest absolute Gasteiger partial charge is 0.185 e. The van der Waals surface area contributed by atoms with Crippen molar-refractivity contribution in [3.05, 3.63) is 41.3 Å². The lowest BCUT2D eigenvalue weighted by atomic mass is 10.2. The molecule has 2 rings (SSSR count). The molecule has 0 fully saturated rings. The number of hydrogen-bond donors (Lipinski definition) is 0. The molecule has 0 aliphatic heterocycles. The van der Waals surface area contributed by atoms with Crippen molar-refractivity contribution < 1.29 is 4.79 Å². The van der Waals surface area contributed by atoms with E-state index in [9.17, 15) is 4.79 Å². The van der Waals surface area contributed by atoms with E-state index in [1.165, 1.54) is 0 Å². The van der Waals surface area contributed by atoms with E-state index in [0.717, 1.165) is 17.5 Å². The first-order valence-corrected chi connectivity index (χ1v) is 4.83. The zero-order valence-electron chi connectivity index (χ0n) is 8.14. The van der Waals surface area contributed by atoms with E-state index in [0.29, 0.717) is 10.8 Å². The third-order valence-electron chi connectivity index (χ3n) is 2.27. The molecule has 0 aliphatic carbocycles. The van der Waals surface area contributed by atoms with Crippen LogP contribution < -0.4 is 0 Å². The van der Waals surface area contributed by atoms with E-state index in [2.05, 4.69) is 4.98 Å². The van der Waals surface area contributed by atoms with Crippen molar-refractivity contribution in [1.82, 2.24) is 9.55 Å². The number of imidazole rings is 1. The normalized spacial score (nSPS) is 10.3. The Morgan fingerprint density at radius 3 is 2.53 bits per heavy atom. The molecule has 0 saturated heterocycles. The predicted molar refractivity (Wildman–Crippen MR) is 59.0 cm³/mol. The van der Waals surface area contributed by atoms with Gasteiger partial charge in [0.05, 0.1) is 11.9 Å². The molecule has 76 valence electrons. The standard InChI is InChI=1S/C11H9ClN2O/c1-14-10(6-13-11(14)7-15)8-2-4-9(12)5-3-8/h2-7H,1H3. The van der Waals surface area contributed by atoms with Gasteiger partial charge in [-0.25, -0.2) is 4.98 Å².